The Bertz CT molecular complexity index is 940. The van der Waals surface area contributed by atoms with Crippen LogP contribution in [0, 0.1) is 0 Å². The maximum absolute atomic E-state index is 5.74. The number of thioether (sulfide) groups is 1. The number of hydrogen-bond acceptors (Lipinski definition) is 5. The summed E-state index contributed by atoms with van der Waals surface area (Å²) in [5.74, 6) is 0.865. The van der Waals surface area contributed by atoms with E-state index < -0.39 is 0 Å². The third-order valence-corrected chi connectivity index (χ3v) is 6.21. The largest absolute Gasteiger partial charge is 0.491 e. The highest BCUT2D eigenvalue weighted by Crippen LogP contribution is 2.56. The van der Waals surface area contributed by atoms with E-state index in [2.05, 4.69) is 41.7 Å². The number of methoxy groups -OCH3 is 1. The van der Waals surface area contributed by atoms with Crippen LogP contribution in [0.4, 0.5) is 5.69 Å². The maximum atomic E-state index is 5.74. The number of fused-ring (bicyclic) bond motifs is 1. The molecule has 27 heavy (non-hydrogen) atoms. The summed E-state index contributed by atoms with van der Waals surface area (Å²) in [5, 5.41) is 6.73. The van der Waals surface area contributed by atoms with Crippen molar-refractivity contribution in [1.29, 1.82) is 0 Å². The molecule has 3 aromatic rings. The van der Waals surface area contributed by atoms with Gasteiger partial charge in [-0.15, -0.1) is 0 Å². The highest BCUT2D eigenvalue weighted by Gasteiger charge is 2.30. The Morgan fingerprint density at radius 3 is 2.44 bits per heavy atom. The van der Waals surface area contributed by atoms with Crippen LogP contribution in [-0.2, 0) is 9.47 Å². The van der Waals surface area contributed by atoms with Gasteiger partial charge in [-0.3, -0.25) is 0 Å². The highest BCUT2D eigenvalue weighted by molar-refractivity contribution is 8.00. The summed E-state index contributed by atoms with van der Waals surface area (Å²) in [7, 11) is 1.67. The van der Waals surface area contributed by atoms with Gasteiger partial charge >= 0.3 is 0 Å². The van der Waals surface area contributed by atoms with Gasteiger partial charge in [0.1, 0.15) is 17.7 Å². The Labute approximate surface area is 162 Å². The van der Waals surface area contributed by atoms with Gasteiger partial charge in [-0.1, -0.05) is 36.0 Å². The van der Waals surface area contributed by atoms with Crippen molar-refractivity contribution in [3.8, 4) is 16.9 Å². The van der Waals surface area contributed by atoms with Crippen LogP contribution in [-0.4, -0.2) is 33.5 Å². The van der Waals surface area contributed by atoms with Crippen molar-refractivity contribution in [2.24, 2.45) is 0 Å². The number of ether oxygens (including phenoxy) is 3. The summed E-state index contributed by atoms with van der Waals surface area (Å²) in [4.78, 5) is 1.36. The topological polar surface area (TPSA) is 39.7 Å². The molecule has 1 aliphatic carbocycles. The second-order valence-electron chi connectivity index (χ2n) is 6.69. The van der Waals surface area contributed by atoms with E-state index in [1.807, 2.05) is 23.9 Å². The predicted molar refractivity (Wildman–Crippen MR) is 110 cm³/mol. The lowest BCUT2D eigenvalue weighted by atomic mass is 10.1. The van der Waals surface area contributed by atoms with Crippen molar-refractivity contribution in [2.75, 3.05) is 38.9 Å². The van der Waals surface area contributed by atoms with Crippen molar-refractivity contribution in [2.45, 2.75) is 10.3 Å². The predicted octanol–water partition coefficient (Wildman–Crippen LogP) is 5.08. The van der Waals surface area contributed by atoms with Crippen LogP contribution in [0.15, 0.2) is 53.4 Å². The molecular weight excluding hydrogens is 358 g/mol. The first-order valence-corrected chi connectivity index (χ1v) is 10.1. The van der Waals surface area contributed by atoms with Gasteiger partial charge in [0.2, 0.25) is 0 Å². The Hall–Kier alpha value is -2.21. The van der Waals surface area contributed by atoms with Crippen molar-refractivity contribution in [3.05, 3.63) is 54.1 Å². The van der Waals surface area contributed by atoms with Crippen molar-refractivity contribution < 1.29 is 14.2 Å². The second-order valence-corrected chi connectivity index (χ2v) is 7.83. The molecule has 5 rings (SSSR count). The summed E-state index contributed by atoms with van der Waals surface area (Å²) in [6.45, 7) is 2.32. The minimum atomic E-state index is 0.210. The van der Waals surface area contributed by atoms with Gasteiger partial charge in [0, 0.05) is 28.5 Å². The second kappa shape index (κ2) is 7.08. The van der Waals surface area contributed by atoms with Crippen molar-refractivity contribution >= 4 is 28.2 Å². The molecule has 5 heteroatoms. The highest BCUT2D eigenvalue weighted by atomic mass is 32.2. The zero-order valence-corrected chi connectivity index (χ0v) is 16.0. The van der Waals surface area contributed by atoms with E-state index in [0.29, 0.717) is 26.4 Å². The molecule has 0 bridgehead atoms. The molecule has 1 heterocycles. The monoisotopic (exact) mass is 379 g/mol. The van der Waals surface area contributed by atoms with Gasteiger partial charge in [-0.2, -0.15) is 0 Å². The average molecular weight is 379 g/mol. The Morgan fingerprint density at radius 2 is 1.63 bits per heavy atom. The lowest BCUT2D eigenvalue weighted by Crippen LogP contribution is -2.11. The SMILES string of the molecule is COCCOCCOc1ccc(C2Nc3ccc4c5c-4ccc(c35)S2)cc1. The first-order chi connectivity index (χ1) is 13.3. The maximum Gasteiger partial charge on any atom is 0.119 e. The molecule has 0 aromatic heterocycles. The van der Waals surface area contributed by atoms with E-state index >= 15 is 0 Å². The molecule has 0 radical (unpaired) electrons. The molecule has 3 aromatic carbocycles. The molecule has 2 aliphatic rings. The number of hydrogen-bond donors (Lipinski definition) is 1. The minimum Gasteiger partial charge on any atom is -0.491 e. The van der Waals surface area contributed by atoms with Crippen molar-refractivity contribution in [1.82, 2.24) is 0 Å². The van der Waals surface area contributed by atoms with E-state index in [1.54, 1.807) is 7.11 Å². The zero-order chi connectivity index (χ0) is 18.2. The first kappa shape index (κ1) is 16.9. The summed E-state index contributed by atoms with van der Waals surface area (Å²) in [5.41, 5.74) is 5.30. The lowest BCUT2D eigenvalue weighted by Gasteiger charge is -2.26. The van der Waals surface area contributed by atoms with Gasteiger partial charge in [-0.05, 0) is 41.0 Å². The summed E-state index contributed by atoms with van der Waals surface area (Å²) in [6, 6.07) is 17.3. The molecule has 0 saturated carbocycles. The van der Waals surface area contributed by atoms with Crippen LogP contribution in [0.5, 0.6) is 5.75 Å². The summed E-state index contributed by atoms with van der Waals surface area (Å²) in [6.07, 6.45) is 0. The van der Waals surface area contributed by atoms with Crippen LogP contribution in [0.25, 0.3) is 21.9 Å². The number of rotatable bonds is 8. The van der Waals surface area contributed by atoms with Gasteiger partial charge in [0.15, 0.2) is 0 Å². The van der Waals surface area contributed by atoms with Gasteiger partial charge in [-0.25, -0.2) is 0 Å². The van der Waals surface area contributed by atoms with Crippen molar-refractivity contribution in [3.63, 3.8) is 0 Å². The number of nitrogens with one attached hydrogen (secondary N) is 1. The van der Waals surface area contributed by atoms with Gasteiger partial charge < -0.3 is 19.5 Å². The fourth-order valence-corrected chi connectivity index (χ4v) is 4.79. The summed E-state index contributed by atoms with van der Waals surface area (Å²) >= 11 is 1.88. The Kier molecular flexibility index (Phi) is 4.44. The van der Waals surface area contributed by atoms with Crippen LogP contribution < -0.4 is 10.1 Å². The minimum absolute atomic E-state index is 0.210. The Balaban J connectivity index is 1.23. The molecule has 1 atom stereocenters. The molecule has 0 amide bonds. The molecule has 4 nitrogen and oxygen atoms in total. The van der Waals surface area contributed by atoms with E-state index in [1.165, 1.54) is 38.0 Å². The number of benzene rings is 3. The number of anilines is 1. The van der Waals surface area contributed by atoms with Gasteiger partial charge in [0.05, 0.1) is 19.8 Å². The molecule has 1 aliphatic heterocycles. The fraction of sp³-hybridized carbons (Fsp3) is 0.273. The Morgan fingerprint density at radius 1 is 0.852 bits per heavy atom. The molecule has 0 saturated heterocycles. The normalized spacial score (nSPS) is 16.3. The standard InChI is InChI=1S/C22H21NO3S/c1-24-10-11-25-12-13-26-15-4-2-14(3-5-15)22-23-18-8-6-16-17-7-9-19(27-22)21(18)20(16)17/h2-9,22-23H,10-13H2,1H3. The van der Waals surface area contributed by atoms with Crippen LogP contribution in [0.2, 0.25) is 0 Å². The zero-order valence-electron chi connectivity index (χ0n) is 15.2. The molecule has 1 unspecified atom stereocenters. The average Bonchev–Trinajstić information content (AvgIpc) is 3.44. The smallest absolute Gasteiger partial charge is 0.119 e. The third-order valence-electron chi connectivity index (χ3n) is 4.99. The van der Waals surface area contributed by atoms with Crippen LogP contribution >= 0.6 is 11.8 Å². The molecule has 1 N–H and O–H groups in total. The van der Waals surface area contributed by atoms with E-state index in [4.69, 9.17) is 14.2 Å². The molecule has 0 spiro atoms. The van der Waals surface area contributed by atoms with Gasteiger partial charge in [0.25, 0.3) is 0 Å². The van der Waals surface area contributed by atoms with Crippen LogP contribution in [0.3, 0.4) is 0 Å². The third kappa shape index (κ3) is 3.16. The van der Waals surface area contributed by atoms with Crippen LogP contribution in [0.1, 0.15) is 10.9 Å². The first-order valence-electron chi connectivity index (χ1n) is 9.18. The molecular formula is C22H21NO3S. The molecule has 0 fully saturated rings. The van der Waals surface area contributed by atoms with E-state index in [0.717, 1.165) is 5.75 Å². The van der Waals surface area contributed by atoms with E-state index in [9.17, 15) is 0 Å². The molecule has 138 valence electrons. The summed E-state index contributed by atoms with van der Waals surface area (Å²) < 4.78 is 16.1. The quantitative estimate of drug-likeness (QED) is 0.432. The fourth-order valence-electron chi connectivity index (χ4n) is 3.58. The van der Waals surface area contributed by atoms with E-state index in [-0.39, 0.29) is 5.37 Å². The lowest BCUT2D eigenvalue weighted by molar-refractivity contribution is 0.0544.